The molecule has 0 aliphatic carbocycles. The van der Waals surface area contributed by atoms with Crippen LogP contribution in [0.1, 0.15) is 0 Å². The van der Waals surface area contributed by atoms with Crippen LogP contribution >= 0.6 is 22.6 Å². The molecule has 0 fully saturated rings. The largest absolute Gasteiger partial charge is 0.372 e. The van der Waals surface area contributed by atoms with Crippen molar-refractivity contribution in [1.82, 2.24) is 9.97 Å². The molecule has 0 bridgehead atoms. The molecule has 17 heavy (non-hydrogen) atoms. The van der Waals surface area contributed by atoms with Gasteiger partial charge in [-0.25, -0.2) is 18.7 Å². The van der Waals surface area contributed by atoms with E-state index in [1.807, 2.05) is 0 Å². The molecule has 1 heterocycles. The van der Waals surface area contributed by atoms with Crippen LogP contribution in [0.5, 0.6) is 0 Å². The maximum Gasteiger partial charge on any atom is 0.161 e. The van der Waals surface area contributed by atoms with Crippen molar-refractivity contribution >= 4 is 28.4 Å². The Balaban J connectivity index is 2.52. The summed E-state index contributed by atoms with van der Waals surface area (Å²) >= 11 is 2.07. The van der Waals surface area contributed by atoms with E-state index in [1.165, 1.54) is 12.1 Å². The zero-order valence-electron chi connectivity index (χ0n) is 8.84. The quantitative estimate of drug-likeness (QED) is 0.849. The van der Waals surface area contributed by atoms with Gasteiger partial charge in [-0.15, -0.1) is 0 Å². The highest BCUT2D eigenvalue weighted by molar-refractivity contribution is 14.1. The second-order valence-electron chi connectivity index (χ2n) is 3.30. The lowest BCUT2D eigenvalue weighted by Gasteiger charge is -2.05. The molecule has 0 aliphatic rings. The second kappa shape index (κ2) is 4.91. The van der Waals surface area contributed by atoms with Gasteiger partial charge in [0.1, 0.15) is 17.5 Å². The van der Waals surface area contributed by atoms with Crippen LogP contribution < -0.4 is 5.32 Å². The first-order chi connectivity index (χ1) is 8.10. The van der Waals surface area contributed by atoms with Gasteiger partial charge in [-0.05, 0) is 34.7 Å². The molecule has 0 atom stereocenters. The van der Waals surface area contributed by atoms with Crippen molar-refractivity contribution < 1.29 is 8.78 Å². The van der Waals surface area contributed by atoms with Crippen molar-refractivity contribution in [2.45, 2.75) is 0 Å². The fraction of sp³-hybridized carbons (Fsp3) is 0.0909. The zero-order chi connectivity index (χ0) is 12.4. The summed E-state index contributed by atoms with van der Waals surface area (Å²) in [5, 5.41) is 2.89. The van der Waals surface area contributed by atoms with Crippen LogP contribution in [-0.4, -0.2) is 17.0 Å². The third kappa shape index (κ3) is 2.68. The molecule has 0 aliphatic heterocycles. The fourth-order valence-electron chi connectivity index (χ4n) is 1.36. The van der Waals surface area contributed by atoms with Crippen LogP contribution in [0.3, 0.4) is 0 Å². The summed E-state index contributed by atoms with van der Waals surface area (Å²) in [6, 6.07) is 3.21. The highest BCUT2D eigenvalue weighted by Gasteiger charge is 2.08. The molecule has 0 radical (unpaired) electrons. The van der Waals surface area contributed by atoms with Gasteiger partial charge in [0.2, 0.25) is 0 Å². The van der Waals surface area contributed by atoms with Crippen LogP contribution in [0.25, 0.3) is 11.4 Å². The first kappa shape index (κ1) is 12.2. The van der Waals surface area contributed by atoms with Crippen molar-refractivity contribution in [3.05, 3.63) is 39.6 Å². The molecule has 2 aromatic rings. The Morgan fingerprint density at radius 3 is 2.41 bits per heavy atom. The molecular formula is C11H8F2IN3. The monoisotopic (exact) mass is 347 g/mol. The number of hydrogen-bond acceptors (Lipinski definition) is 3. The third-order valence-electron chi connectivity index (χ3n) is 2.10. The SMILES string of the molecule is CNc1nc(-c2cc(F)cc(F)c2)ncc1I. The van der Waals surface area contributed by atoms with Crippen molar-refractivity contribution in [3.8, 4) is 11.4 Å². The summed E-state index contributed by atoms with van der Waals surface area (Å²) in [6.07, 6.45) is 1.59. The smallest absolute Gasteiger partial charge is 0.161 e. The summed E-state index contributed by atoms with van der Waals surface area (Å²) in [5.41, 5.74) is 0.315. The topological polar surface area (TPSA) is 37.8 Å². The maximum atomic E-state index is 13.1. The third-order valence-corrected chi connectivity index (χ3v) is 2.89. The van der Waals surface area contributed by atoms with Crippen molar-refractivity contribution in [3.63, 3.8) is 0 Å². The van der Waals surface area contributed by atoms with Gasteiger partial charge in [0.15, 0.2) is 5.82 Å². The van der Waals surface area contributed by atoms with Crippen molar-refractivity contribution in [2.75, 3.05) is 12.4 Å². The highest BCUT2D eigenvalue weighted by Crippen LogP contribution is 2.21. The van der Waals surface area contributed by atoms with E-state index in [2.05, 4.69) is 37.9 Å². The number of aromatic nitrogens is 2. The molecule has 0 spiro atoms. The number of anilines is 1. The van der Waals surface area contributed by atoms with Gasteiger partial charge >= 0.3 is 0 Å². The molecule has 0 saturated carbocycles. The van der Waals surface area contributed by atoms with Crippen LogP contribution in [0, 0.1) is 15.2 Å². The zero-order valence-corrected chi connectivity index (χ0v) is 11.0. The average molecular weight is 347 g/mol. The lowest BCUT2D eigenvalue weighted by Crippen LogP contribution is -1.99. The van der Waals surface area contributed by atoms with Gasteiger partial charge in [-0.3, -0.25) is 0 Å². The number of halogens is 3. The molecular weight excluding hydrogens is 339 g/mol. The number of benzene rings is 1. The van der Waals surface area contributed by atoms with E-state index in [0.29, 0.717) is 11.4 Å². The van der Waals surface area contributed by atoms with Crippen molar-refractivity contribution in [2.24, 2.45) is 0 Å². The molecule has 88 valence electrons. The van der Waals surface area contributed by atoms with Crippen molar-refractivity contribution in [1.29, 1.82) is 0 Å². The van der Waals surface area contributed by atoms with Crippen LogP contribution in [0.2, 0.25) is 0 Å². The molecule has 0 amide bonds. The van der Waals surface area contributed by atoms with Gasteiger partial charge in [-0.1, -0.05) is 0 Å². The first-order valence-corrected chi connectivity index (χ1v) is 5.85. The van der Waals surface area contributed by atoms with E-state index >= 15 is 0 Å². The van der Waals surface area contributed by atoms with Gasteiger partial charge in [-0.2, -0.15) is 0 Å². The minimum atomic E-state index is -0.645. The van der Waals surface area contributed by atoms with E-state index in [0.717, 1.165) is 9.64 Å². The Hall–Kier alpha value is -1.31. The standard InChI is InChI=1S/C11H8F2IN3/c1-15-11-9(14)5-16-10(17-11)6-2-7(12)4-8(13)3-6/h2-5H,1H3,(H,15,16,17). The minimum absolute atomic E-state index is 0.285. The lowest BCUT2D eigenvalue weighted by molar-refractivity contribution is 0.584. The normalized spacial score (nSPS) is 10.4. The maximum absolute atomic E-state index is 13.1. The molecule has 0 unspecified atom stereocenters. The van der Waals surface area contributed by atoms with Gasteiger partial charge < -0.3 is 5.32 Å². The second-order valence-corrected chi connectivity index (χ2v) is 4.46. The molecule has 2 rings (SSSR count). The summed E-state index contributed by atoms with van der Waals surface area (Å²) in [6.45, 7) is 0. The van der Waals surface area contributed by atoms with E-state index in [9.17, 15) is 8.78 Å². The summed E-state index contributed by atoms with van der Waals surface area (Å²) < 4.78 is 27.0. The van der Waals surface area contributed by atoms with Gasteiger partial charge in [0.25, 0.3) is 0 Å². The minimum Gasteiger partial charge on any atom is -0.372 e. The number of rotatable bonds is 2. The first-order valence-electron chi connectivity index (χ1n) is 4.77. The number of nitrogens with zero attached hydrogens (tertiary/aromatic N) is 2. The molecule has 3 nitrogen and oxygen atoms in total. The van der Waals surface area contributed by atoms with E-state index in [1.54, 1.807) is 13.2 Å². The number of nitrogens with one attached hydrogen (secondary N) is 1. The Kier molecular flexibility index (Phi) is 3.51. The van der Waals surface area contributed by atoms with Crippen LogP contribution in [0.4, 0.5) is 14.6 Å². The van der Waals surface area contributed by atoms with Gasteiger partial charge in [0.05, 0.1) is 3.57 Å². The molecule has 0 saturated heterocycles. The Morgan fingerprint density at radius 2 is 1.82 bits per heavy atom. The summed E-state index contributed by atoms with van der Waals surface area (Å²) in [4.78, 5) is 8.23. The van der Waals surface area contributed by atoms with Crippen LogP contribution in [-0.2, 0) is 0 Å². The van der Waals surface area contributed by atoms with E-state index in [-0.39, 0.29) is 5.82 Å². The summed E-state index contributed by atoms with van der Waals surface area (Å²) in [5.74, 6) is -0.380. The highest BCUT2D eigenvalue weighted by atomic mass is 127. The van der Waals surface area contributed by atoms with Gasteiger partial charge in [0, 0.05) is 24.9 Å². The predicted octanol–water partition coefficient (Wildman–Crippen LogP) is 3.07. The molecule has 1 aromatic heterocycles. The molecule has 1 aromatic carbocycles. The fourth-order valence-corrected chi connectivity index (χ4v) is 1.89. The predicted molar refractivity (Wildman–Crippen MR) is 69.6 cm³/mol. The Bertz CT molecular complexity index is 540. The van der Waals surface area contributed by atoms with E-state index < -0.39 is 11.6 Å². The van der Waals surface area contributed by atoms with Crippen LogP contribution in [0.15, 0.2) is 24.4 Å². The lowest BCUT2D eigenvalue weighted by atomic mass is 10.2. The van der Waals surface area contributed by atoms with E-state index in [4.69, 9.17) is 0 Å². The Labute approximate surface area is 110 Å². The molecule has 6 heteroatoms. The Morgan fingerprint density at radius 1 is 1.18 bits per heavy atom. The summed E-state index contributed by atoms with van der Waals surface area (Å²) in [7, 11) is 1.72. The number of hydrogen-bond donors (Lipinski definition) is 1. The average Bonchev–Trinajstić information content (AvgIpc) is 2.28. The molecule has 1 N–H and O–H groups in total.